The summed E-state index contributed by atoms with van der Waals surface area (Å²) in [5, 5.41) is 4.96. The van der Waals surface area contributed by atoms with Crippen LogP contribution in [0.5, 0.6) is 11.7 Å². The lowest BCUT2D eigenvalue weighted by Gasteiger charge is -2.42. The van der Waals surface area contributed by atoms with Gasteiger partial charge in [0.25, 0.3) is 12.7 Å². The van der Waals surface area contributed by atoms with E-state index in [2.05, 4.69) is 152 Å². The first-order valence-electron chi connectivity index (χ1n) is 15.8. The topological polar surface area (TPSA) is 25.6 Å². The van der Waals surface area contributed by atoms with Crippen LogP contribution in [0, 0.1) is 0 Å². The zero-order valence-corrected chi connectivity index (χ0v) is 26.3. The molecule has 0 unspecified atom stereocenters. The van der Waals surface area contributed by atoms with Gasteiger partial charge >= 0.3 is 0 Å². The van der Waals surface area contributed by atoms with Crippen LogP contribution in [0.3, 0.4) is 0 Å². The summed E-state index contributed by atoms with van der Waals surface area (Å²) in [6.07, 6.45) is 0. The van der Waals surface area contributed by atoms with Gasteiger partial charge in [-0.15, -0.1) is 0 Å². The minimum absolute atomic E-state index is 0.0170. The predicted molar refractivity (Wildman–Crippen MR) is 194 cm³/mol. The van der Waals surface area contributed by atoms with E-state index in [1.807, 2.05) is 0 Å². The number of hydrogen-bond donors (Lipinski definition) is 0. The molecule has 8 aromatic rings. The van der Waals surface area contributed by atoms with Crippen molar-refractivity contribution < 1.29 is 9.15 Å². The van der Waals surface area contributed by atoms with Gasteiger partial charge < -0.3 is 14.1 Å². The van der Waals surface area contributed by atoms with Gasteiger partial charge in [-0.1, -0.05) is 122 Å². The Balaban J connectivity index is 1.32. The molecular weight excluding hydrogens is 581 g/mol. The van der Waals surface area contributed by atoms with E-state index in [-0.39, 0.29) is 12.1 Å². The number of thiophene rings is 1. The molecule has 2 aromatic heterocycles. The maximum Gasteiger partial charge on any atom is 0.286 e. The van der Waals surface area contributed by atoms with E-state index in [1.165, 1.54) is 48.3 Å². The number of anilines is 3. The Labute approximate surface area is 271 Å². The van der Waals surface area contributed by atoms with Crippen LogP contribution >= 0.6 is 11.3 Å². The molecule has 0 fully saturated rings. The molecule has 10 rings (SSSR count). The first-order chi connectivity index (χ1) is 22.6. The summed E-state index contributed by atoms with van der Waals surface area (Å²) in [5.41, 5.74) is 9.32. The second kappa shape index (κ2) is 9.38. The Bertz CT molecular complexity index is 2460. The molecular formula is C41H28BNO2S. The van der Waals surface area contributed by atoms with Gasteiger partial charge in [0.15, 0.2) is 4.90 Å². The third-order valence-electron chi connectivity index (χ3n) is 10.0. The summed E-state index contributed by atoms with van der Waals surface area (Å²) in [4.78, 5) is 3.25. The number of fused-ring (bicyclic) bond motifs is 10. The largest absolute Gasteiger partial charge is 0.427 e. The molecule has 3 nitrogen and oxygen atoms in total. The molecule has 2 aliphatic rings. The minimum atomic E-state index is -0.299. The Morgan fingerprint density at radius 2 is 1.33 bits per heavy atom. The van der Waals surface area contributed by atoms with E-state index in [1.54, 1.807) is 11.3 Å². The summed E-state index contributed by atoms with van der Waals surface area (Å²) in [7, 11) is 0. The fraction of sp³-hybridized carbons (Fsp3) is 0.0732. The van der Waals surface area contributed by atoms with Crippen LogP contribution in [-0.2, 0) is 5.41 Å². The van der Waals surface area contributed by atoms with Gasteiger partial charge in [0.2, 0.25) is 0 Å². The first kappa shape index (κ1) is 26.0. The van der Waals surface area contributed by atoms with E-state index >= 15 is 0 Å². The van der Waals surface area contributed by atoms with Crippen molar-refractivity contribution >= 4 is 82.6 Å². The molecule has 0 bridgehead atoms. The van der Waals surface area contributed by atoms with Crippen LogP contribution in [-0.4, -0.2) is 6.71 Å². The Kier molecular flexibility index (Phi) is 5.31. The summed E-state index contributed by atoms with van der Waals surface area (Å²) in [6, 6.07) is 47.9. The molecule has 46 heavy (non-hydrogen) atoms. The van der Waals surface area contributed by atoms with Crippen LogP contribution in [0.25, 0.3) is 31.1 Å². The Morgan fingerprint density at radius 1 is 0.652 bits per heavy atom. The monoisotopic (exact) mass is 609 g/mol. The number of para-hydroxylation sites is 2. The smallest absolute Gasteiger partial charge is 0.286 e. The second-order valence-electron chi connectivity index (χ2n) is 12.9. The maximum absolute atomic E-state index is 6.89. The molecule has 218 valence electrons. The molecule has 5 heteroatoms. The zero-order valence-electron chi connectivity index (χ0n) is 25.5. The molecule has 0 saturated heterocycles. The number of nitrogens with zero attached hydrogens (tertiary/aromatic N) is 1. The highest BCUT2D eigenvalue weighted by Gasteiger charge is 2.48. The van der Waals surface area contributed by atoms with Crippen molar-refractivity contribution in [3.8, 4) is 11.7 Å². The van der Waals surface area contributed by atoms with Crippen molar-refractivity contribution in [3.63, 3.8) is 0 Å². The van der Waals surface area contributed by atoms with Crippen LogP contribution in [0.15, 0.2) is 138 Å². The number of hydrogen-bond acceptors (Lipinski definition) is 4. The van der Waals surface area contributed by atoms with Crippen LogP contribution in [0.4, 0.5) is 17.1 Å². The first-order valence-corrected chi connectivity index (χ1v) is 16.6. The van der Waals surface area contributed by atoms with Crippen LogP contribution in [0.2, 0.25) is 0 Å². The summed E-state index contributed by atoms with van der Waals surface area (Å²) < 4.78 is 14.8. The zero-order chi connectivity index (χ0) is 30.6. The van der Waals surface area contributed by atoms with Crippen molar-refractivity contribution in [3.05, 3.63) is 145 Å². The summed E-state index contributed by atoms with van der Waals surface area (Å²) in [6.45, 7) is 4.74. The molecule has 0 atom stereocenters. The van der Waals surface area contributed by atoms with Gasteiger partial charge in [-0.05, 0) is 63.8 Å². The number of benzene rings is 6. The van der Waals surface area contributed by atoms with Gasteiger partial charge in [-0.3, -0.25) is 0 Å². The molecule has 2 aliphatic heterocycles. The maximum atomic E-state index is 6.89. The van der Waals surface area contributed by atoms with Gasteiger partial charge in [0, 0.05) is 43.8 Å². The Hall–Kier alpha value is -5.26. The van der Waals surface area contributed by atoms with Crippen molar-refractivity contribution in [2.75, 3.05) is 4.90 Å². The standard InChI is InChI=1S/C41H28BNO2S/c1-41(2)31-23-28(43(26-14-5-3-6-15-26)27-16-7-4-8-17-27)24-33-37(31)42(32-22-21-25-13-9-10-18-29(25)36(32)41)38-35-30-19-11-12-20-34(30)46-40(35)45-39(38)44-33/h3-24H,1-2H3. The minimum Gasteiger partial charge on any atom is -0.427 e. The molecule has 0 aliphatic carbocycles. The highest BCUT2D eigenvalue weighted by atomic mass is 32.1. The quantitative estimate of drug-likeness (QED) is 0.187. The highest BCUT2D eigenvalue weighted by molar-refractivity contribution is 7.25. The SMILES string of the molecule is CC1(C)c2cc(N(c3ccccc3)c3ccccc3)cc3c2B(c2ccc4ccccc4c21)c1c(oc2sc4ccccc4c12)O3. The predicted octanol–water partition coefficient (Wildman–Crippen LogP) is 9.53. The van der Waals surface area contributed by atoms with E-state index in [0.29, 0.717) is 5.95 Å². The van der Waals surface area contributed by atoms with Crippen molar-refractivity contribution in [2.24, 2.45) is 0 Å². The average Bonchev–Trinajstić information content (AvgIpc) is 3.63. The third kappa shape index (κ3) is 3.49. The number of ether oxygens (including phenoxy) is 1. The molecule has 0 N–H and O–H groups in total. The van der Waals surface area contributed by atoms with Crippen LogP contribution < -0.4 is 26.0 Å². The number of furan rings is 1. The lowest BCUT2D eigenvalue weighted by molar-refractivity contribution is 0.365. The molecule has 0 radical (unpaired) electrons. The molecule has 0 amide bonds. The van der Waals surface area contributed by atoms with Crippen molar-refractivity contribution in [2.45, 2.75) is 19.3 Å². The summed E-state index contributed by atoms with van der Waals surface area (Å²) >= 11 is 1.70. The van der Waals surface area contributed by atoms with E-state index < -0.39 is 0 Å². The molecule has 0 saturated carbocycles. The average molecular weight is 610 g/mol. The van der Waals surface area contributed by atoms with E-state index in [9.17, 15) is 0 Å². The number of rotatable bonds is 3. The van der Waals surface area contributed by atoms with Gasteiger partial charge in [-0.2, -0.15) is 0 Å². The van der Waals surface area contributed by atoms with Gasteiger partial charge in [0.05, 0.1) is 5.69 Å². The summed E-state index contributed by atoms with van der Waals surface area (Å²) in [5.74, 6) is 1.47. The van der Waals surface area contributed by atoms with Crippen LogP contribution in [0.1, 0.15) is 25.0 Å². The lowest BCUT2D eigenvalue weighted by atomic mass is 9.30. The molecule has 4 heterocycles. The Morgan fingerprint density at radius 3 is 2.09 bits per heavy atom. The van der Waals surface area contributed by atoms with Crippen molar-refractivity contribution in [1.82, 2.24) is 0 Å². The lowest BCUT2D eigenvalue weighted by Crippen LogP contribution is -2.62. The third-order valence-corrected chi connectivity index (χ3v) is 11.1. The van der Waals surface area contributed by atoms with E-state index in [4.69, 9.17) is 9.15 Å². The van der Waals surface area contributed by atoms with Crippen molar-refractivity contribution in [1.29, 1.82) is 0 Å². The molecule has 0 spiro atoms. The second-order valence-corrected chi connectivity index (χ2v) is 13.9. The highest BCUT2D eigenvalue weighted by Crippen LogP contribution is 2.47. The molecule has 6 aromatic carbocycles. The van der Waals surface area contributed by atoms with E-state index in [0.717, 1.165) is 33.2 Å². The fourth-order valence-corrected chi connectivity index (χ4v) is 9.15. The normalized spacial score (nSPS) is 14.2. The van der Waals surface area contributed by atoms with Gasteiger partial charge in [-0.25, -0.2) is 0 Å². The van der Waals surface area contributed by atoms with Gasteiger partial charge in [0.1, 0.15) is 5.75 Å². The fourth-order valence-electron chi connectivity index (χ4n) is 8.09.